The van der Waals surface area contributed by atoms with Gasteiger partial charge < -0.3 is 0 Å². The fourth-order valence-electron chi connectivity index (χ4n) is 0.937. The zero-order valence-electron chi connectivity index (χ0n) is 6.13. The summed E-state index contributed by atoms with van der Waals surface area (Å²) in [5, 5.41) is 0. The van der Waals surface area contributed by atoms with Crippen molar-refractivity contribution in [1.82, 2.24) is 0 Å². The fourth-order valence-corrected chi connectivity index (χ4v) is 1.51. The fraction of sp³-hybridized carbons (Fsp3) is 0.222. The summed E-state index contributed by atoms with van der Waals surface area (Å²) in [6.45, 7) is 2.16. The highest BCUT2D eigenvalue weighted by Crippen LogP contribution is 2.20. The van der Waals surface area contributed by atoms with Gasteiger partial charge in [-0.15, -0.1) is 11.8 Å². The van der Waals surface area contributed by atoms with Gasteiger partial charge in [-0.3, -0.25) is 0 Å². The van der Waals surface area contributed by atoms with Gasteiger partial charge in [0.25, 0.3) is 0 Å². The summed E-state index contributed by atoms with van der Waals surface area (Å²) in [5.41, 5.74) is 1.39. The van der Waals surface area contributed by atoms with E-state index in [-0.39, 0.29) is 0 Å². The number of hydrogen-bond acceptors (Lipinski definition) is 1. The molecule has 0 aliphatic rings. The molecule has 0 aliphatic carbocycles. The van der Waals surface area contributed by atoms with Crippen molar-refractivity contribution < 1.29 is 0 Å². The summed E-state index contributed by atoms with van der Waals surface area (Å²) >= 11 is 1.57. The molecule has 0 heterocycles. The quantitative estimate of drug-likeness (QED) is 0.585. The number of benzene rings is 1. The molecule has 1 aromatic rings. The van der Waals surface area contributed by atoms with E-state index in [1.54, 1.807) is 11.8 Å². The Balaban J connectivity index is 2.96. The molecule has 53 valence electrons. The second-order valence-electron chi connectivity index (χ2n) is 2.11. The van der Waals surface area contributed by atoms with E-state index in [1.807, 2.05) is 6.07 Å². The summed E-state index contributed by atoms with van der Waals surface area (Å²) in [5.74, 6) is 0. The third-order valence-corrected chi connectivity index (χ3v) is 2.22. The predicted octanol–water partition coefficient (Wildman–Crippen LogP) is 3.13. The SMILES string of the molecule is [CH2]Sc1ccccc1CC. The highest BCUT2D eigenvalue weighted by molar-refractivity contribution is 8.00. The first kappa shape index (κ1) is 7.67. The zero-order valence-corrected chi connectivity index (χ0v) is 6.95. The van der Waals surface area contributed by atoms with Gasteiger partial charge in [-0.2, -0.15) is 0 Å². The number of aryl methyl sites for hydroxylation is 1. The summed E-state index contributed by atoms with van der Waals surface area (Å²) in [6, 6.07) is 8.37. The summed E-state index contributed by atoms with van der Waals surface area (Å²) in [4.78, 5) is 1.30. The van der Waals surface area contributed by atoms with Crippen LogP contribution in [0, 0.1) is 6.26 Å². The van der Waals surface area contributed by atoms with Crippen LogP contribution in [0.3, 0.4) is 0 Å². The molecule has 1 aromatic carbocycles. The maximum Gasteiger partial charge on any atom is 0.0104 e. The van der Waals surface area contributed by atoms with Gasteiger partial charge in [-0.1, -0.05) is 25.1 Å². The van der Waals surface area contributed by atoms with Crippen LogP contribution in [0.15, 0.2) is 29.2 Å². The van der Waals surface area contributed by atoms with Gasteiger partial charge in [0.15, 0.2) is 0 Å². The average Bonchev–Trinajstić information content (AvgIpc) is 2.04. The first-order valence-corrected chi connectivity index (χ1v) is 4.37. The molecule has 10 heavy (non-hydrogen) atoms. The molecule has 0 fully saturated rings. The molecule has 0 spiro atoms. The predicted molar refractivity (Wildman–Crippen MR) is 47.0 cm³/mol. The Morgan fingerprint density at radius 3 is 2.60 bits per heavy atom. The average molecular weight is 151 g/mol. The van der Waals surface area contributed by atoms with Crippen LogP contribution >= 0.6 is 11.8 Å². The van der Waals surface area contributed by atoms with E-state index in [9.17, 15) is 0 Å². The van der Waals surface area contributed by atoms with Gasteiger partial charge in [0.2, 0.25) is 0 Å². The maximum absolute atomic E-state index is 3.78. The van der Waals surface area contributed by atoms with Crippen LogP contribution in [-0.2, 0) is 6.42 Å². The lowest BCUT2D eigenvalue weighted by Gasteiger charge is -2.01. The first-order chi connectivity index (χ1) is 4.88. The highest BCUT2D eigenvalue weighted by atomic mass is 32.2. The summed E-state index contributed by atoms with van der Waals surface area (Å²) in [6.07, 6.45) is 4.88. The lowest BCUT2D eigenvalue weighted by atomic mass is 10.2. The minimum absolute atomic E-state index is 1.10. The molecule has 0 aromatic heterocycles. The van der Waals surface area contributed by atoms with Crippen LogP contribution in [0.25, 0.3) is 0 Å². The van der Waals surface area contributed by atoms with E-state index in [0.717, 1.165) is 6.42 Å². The van der Waals surface area contributed by atoms with Gasteiger partial charge in [0.05, 0.1) is 0 Å². The lowest BCUT2D eigenvalue weighted by Crippen LogP contribution is -1.81. The third-order valence-electron chi connectivity index (χ3n) is 1.51. The van der Waals surface area contributed by atoms with E-state index in [0.29, 0.717) is 0 Å². The smallest absolute Gasteiger partial charge is 0.0104 e. The monoisotopic (exact) mass is 151 g/mol. The molecule has 1 heteroatoms. The molecule has 0 bridgehead atoms. The Labute approximate surface area is 66.6 Å². The Morgan fingerprint density at radius 2 is 2.10 bits per heavy atom. The van der Waals surface area contributed by atoms with E-state index >= 15 is 0 Å². The Hall–Kier alpha value is -0.430. The zero-order chi connectivity index (χ0) is 7.40. The van der Waals surface area contributed by atoms with Crippen molar-refractivity contribution in [2.24, 2.45) is 0 Å². The second-order valence-corrected chi connectivity index (χ2v) is 2.83. The standard InChI is InChI=1S/C9H11S/c1-3-8-6-4-5-7-9(8)10-2/h4-7H,2-3H2,1H3. The Kier molecular flexibility index (Phi) is 2.82. The maximum atomic E-state index is 3.78. The van der Waals surface area contributed by atoms with Crippen molar-refractivity contribution in [1.29, 1.82) is 0 Å². The molecule has 0 aliphatic heterocycles. The molecular weight excluding hydrogens is 140 g/mol. The van der Waals surface area contributed by atoms with Crippen LogP contribution in [0.2, 0.25) is 0 Å². The number of thioether (sulfide) groups is 1. The normalized spacial score (nSPS) is 9.80. The van der Waals surface area contributed by atoms with Gasteiger partial charge >= 0.3 is 0 Å². The molecule has 0 atom stereocenters. The Morgan fingerprint density at radius 1 is 1.40 bits per heavy atom. The van der Waals surface area contributed by atoms with E-state index in [1.165, 1.54) is 10.5 Å². The van der Waals surface area contributed by atoms with Gasteiger partial charge in [0, 0.05) is 11.2 Å². The van der Waals surface area contributed by atoms with E-state index in [4.69, 9.17) is 0 Å². The van der Waals surface area contributed by atoms with Crippen LogP contribution in [0.1, 0.15) is 12.5 Å². The molecule has 0 saturated heterocycles. The Bertz CT molecular complexity index is 183. The van der Waals surface area contributed by atoms with E-state index in [2.05, 4.69) is 31.4 Å². The molecular formula is C9H11S. The third kappa shape index (κ3) is 1.54. The molecule has 0 saturated carbocycles. The van der Waals surface area contributed by atoms with Crippen molar-refractivity contribution in [3.05, 3.63) is 36.1 Å². The van der Waals surface area contributed by atoms with Gasteiger partial charge in [-0.05, 0) is 18.1 Å². The van der Waals surface area contributed by atoms with Crippen LogP contribution < -0.4 is 0 Å². The van der Waals surface area contributed by atoms with Gasteiger partial charge in [-0.25, -0.2) is 0 Å². The molecule has 0 unspecified atom stereocenters. The molecule has 0 amide bonds. The number of rotatable bonds is 2. The molecule has 0 N–H and O–H groups in total. The van der Waals surface area contributed by atoms with Crippen molar-refractivity contribution in [3.63, 3.8) is 0 Å². The lowest BCUT2D eigenvalue weighted by molar-refractivity contribution is 1.08. The van der Waals surface area contributed by atoms with Crippen molar-refractivity contribution in [2.75, 3.05) is 0 Å². The minimum atomic E-state index is 1.10. The second kappa shape index (κ2) is 3.67. The number of hydrogen-bond donors (Lipinski definition) is 0. The van der Waals surface area contributed by atoms with Crippen molar-refractivity contribution in [3.8, 4) is 0 Å². The topological polar surface area (TPSA) is 0 Å². The highest BCUT2D eigenvalue weighted by Gasteiger charge is 1.94. The molecule has 1 radical (unpaired) electrons. The summed E-state index contributed by atoms with van der Waals surface area (Å²) < 4.78 is 0. The largest absolute Gasteiger partial charge is 0.125 e. The van der Waals surface area contributed by atoms with Crippen molar-refractivity contribution in [2.45, 2.75) is 18.2 Å². The van der Waals surface area contributed by atoms with Crippen LogP contribution in [-0.4, -0.2) is 0 Å². The van der Waals surface area contributed by atoms with Crippen LogP contribution in [0.5, 0.6) is 0 Å². The van der Waals surface area contributed by atoms with Crippen LogP contribution in [0.4, 0.5) is 0 Å². The molecule has 1 rings (SSSR count). The summed E-state index contributed by atoms with van der Waals surface area (Å²) in [7, 11) is 0. The first-order valence-electron chi connectivity index (χ1n) is 3.38. The van der Waals surface area contributed by atoms with E-state index < -0.39 is 0 Å². The van der Waals surface area contributed by atoms with Crippen molar-refractivity contribution >= 4 is 11.8 Å². The molecule has 0 nitrogen and oxygen atoms in total. The van der Waals surface area contributed by atoms with Gasteiger partial charge in [0.1, 0.15) is 0 Å². The minimum Gasteiger partial charge on any atom is -0.125 e.